The zero-order valence-corrected chi connectivity index (χ0v) is 12.9. The number of carbonyl (C=O) groups excluding carboxylic acids is 1. The lowest BCUT2D eigenvalue weighted by atomic mass is 10.1. The van der Waals surface area contributed by atoms with E-state index in [-0.39, 0.29) is 6.61 Å². The van der Waals surface area contributed by atoms with Gasteiger partial charge in [-0.3, -0.25) is 0 Å². The van der Waals surface area contributed by atoms with Gasteiger partial charge < -0.3 is 9.15 Å². The van der Waals surface area contributed by atoms with Crippen molar-refractivity contribution in [3.05, 3.63) is 59.7 Å². The topological polar surface area (TPSA) is 89.0 Å². The Morgan fingerprint density at radius 3 is 2.54 bits per heavy atom. The van der Waals surface area contributed by atoms with Crippen LogP contribution in [0.2, 0.25) is 0 Å². The summed E-state index contributed by atoms with van der Waals surface area (Å²) in [6, 6.07) is 16.1. The van der Waals surface area contributed by atoms with E-state index in [2.05, 4.69) is 10.2 Å². The van der Waals surface area contributed by atoms with Crippen LogP contribution in [0.25, 0.3) is 22.9 Å². The molecule has 0 radical (unpaired) electrons. The predicted molar refractivity (Wildman–Crippen MR) is 85.8 cm³/mol. The predicted octanol–water partition coefficient (Wildman–Crippen LogP) is 3.39. The largest absolute Gasteiger partial charge is 0.447 e. The van der Waals surface area contributed by atoms with Crippen LogP contribution >= 0.6 is 0 Å². The zero-order valence-electron chi connectivity index (χ0n) is 12.9. The molecule has 0 spiro atoms. The monoisotopic (exact) mass is 319 g/mol. The number of esters is 1. The van der Waals surface area contributed by atoms with Crippen LogP contribution in [0.3, 0.4) is 0 Å². The third-order valence-electron chi connectivity index (χ3n) is 3.44. The molecule has 0 fully saturated rings. The van der Waals surface area contributed by atoms with Crippen molar-refractivity contribution in [2.45, 2.75) is 6.92 Å². The van der Waals surface area contributed by atoms with E-state index in [1.54, 1.807) is 30.3 Å². The van der Waals surface area contributed by atoms with Gasteiger partial charge in [-0.25, -0.2) is 4.79 Å². The second-order valence-corrected chi connectivity index (χ2v) is 5.04. The number of hydrogen-bond donors (Lipinski definition) is 0. The highest BCUT2D eigenvalue weighted by molar-refractivity contribution is 5.90. The Morgan fingerprint density at radius 2 is 1.83 bits per heavy atom. The molecule has 24 heavy (non-hydrogen) atoms. The van der Waals surface area contributed by atoms with Gasteiger partial charge in [0.1, 0.15) is 6.07 Å². The van der Waals surface area contributed by atoms with E-state index in [4.69, 9.17) is 14.4 Å². The number of aryl methyl sites for hydroxylation is 1. The maximum Gasteiger partial charge on any atom is 0.339 e. The van der Waals surface area contributed by atoms with Crippen LogP contribution in [0.5, 0.6) is 0 Å². The Bertz CT molecular complexity index is 908. The number of rotatable bonds is 4. The SMILES string of the molecule is Cc1ccccc1-c1nnc(-c2ccc(C(=O)OCC#N)cc2)o1. The summed E-state index contributed by atoms with van der Waals surface area (Å²) in [5, 5.41) is 16.5. The molecule has 1 heterocycles. The van der Waals surface area contributed by atoms with Gasteiger partial charge in [-0.05, 0) is 42.8 Å². The van der Waals surface area contributed by atoms with Crippen LogP contribution in [-0.2, 0) is 4.74 Å². The van der Waals surface area contributed by atoms with Gasteiger partial charge in [0.2, 0.25) is 11.8 Å². The zero-order chi connectivity index (χ0) is 16.9. The lowest BCUT2D eigenvalue weighted by Gasteiger charge is -2.01. The number of ether oxygens (including phenoxy) is 1. The summed E-state index contributed by atoms with van der Waals surface area (Å²) in [6.07, 6.45) is 0. The standard InChI is InChI=1S/C18H13N3O3/c1-12-4-2-3-5-15(12)17-21-20-16(24-17)13-6-8-14(9-7-13)18(22)23-11-10-19/h2-9H,11H2,1H3. The maximum absolute atomic E-state index is 11.7. The summed E-state index contributed by atoms with van der Waals surface area (Å²) < 4.78 is 10.5. The van der Waals surface area contributed by atoms with Crippen molar-refractivity contribution in [1.82, 2.24) is 10.2 Å². The van der Waals surface area contributed by atoms with E-state index >= 15 is 0 Å². The van der Waals surface area contributed by atoms with Crippen molar-refractivity contribution < 1.29 is 13.9 Å². The molecule has 0 aliphatic heterocycles. The average Bonchev–Trinajstić information content (AvgIpc) is 3.10. The molecule has 0 aliphatic rings. The number of carbonyl (C=O) groups is 1. The molecule has 0 unspecified atom stereocenters. The van der Waals surface area contributed by atoms with Gasteiger partial charge in [-0.1, -0.05) is 18.2 Å². The molecule has 0 N–H and O–H groups in total. The molecule has 0 amide bonds. The quantitative estimate of drug-likeness (QED) is 0.685. The molecule has 0 saturated carbocycles. The first-order chi connectivity index (χ1) is 11.7. The smallest absolute Gasteiger partial charge is 0.339 e. The van der Waals surface area contributed by atoms with Gasteiger partial charge in [0.25, 0.3) is 0 Å². The van der Waals surface area contributed by atoms with Crippen molar-refractivity contribution in [3.8, 4) is 29.0 Å². The molecule has 3 aromatic rings. The third-order valence-corrected chi connectivity index (χ3v) is 3.44. The molecule has 118 valence electrons. The van der Waals surface area contributed by atoms with Gasteiger partial charge in [0.05, 0.1) is 5.56 Å². The molecule has 6 heteroatoms. The second-order valence-electron chi connectivity index (χ2n) is 5.04. The van der Waals surface area contributed by atoms with Crippen LogP contribution in [0.4, 0.5) is 0 Å². The number of benzene rings is 2. The Balaban J connectivity index is 1.82. The van der Waals surface area contributed by atoms with Crippen molar-refractivity contribution in [1.29, 1.82) is 5.26 Å². The van der Waals surface area contributed by atoms with Crippen molar-refractivity contribution in [2.75, 3.05) is 6.61 Å². The fourth-order valence-corrected chi connectivity index (χ4v) is 2.19. The van der Waals surface area contributed by atoms with Crippen molar-refractivity contribution in [3.63, 3.8) is 0 Å². The van der Waals surface area contributed by atoms with Gasteiger partial charge in [-0.15, -0.1) is 10.2 Å². The normalized spacial score (nSPS) is 10.2. The first-order valence-electron chi connectivity index (χ1n) is 7.23. The fourth-order valence-electron chi connectivity index (χ4n) is 2.19. The summed E-state index contributed by atoms with van der Waals surface area (Å²) in [5.41, 5.74) is 2.98. The van der Waals surface area contributed by atoms with Gasteiger partial charge in [0, 0.05) is 11.1 Å². The molecule has 6 nitrogen and oxygen atoms in total. The fraction of sp³-hybridized carbons (Fsp3) is 0.111. The molecular formula is C18H13N3O3. The molecule has 0 aliphatic carbocycles. The van der Waals surface area contributed by atoms with E-state index < -0.39 is 5.97 Å². The van der Waals surface area contributed by atoms with Crippen LogP contribution < -0.4 is 0 Å². The molecule has 0 saturated heterocycles. The van der Waals surface area contributed by atoms with Crippen molar-refractivity contribution >= 4 is 5.97 Å². The minimum atomic E-state index is -0.547. The van der Waals surface area contributed by atoms with Crippen molar-refractivity contribution in [2.24, 2.45) is 0 Å². The summed E-state index contributed by atoms with van der Waals surface area (Å²) in [6.45, 7) is 1.70. The first-order valence-corrected chi connectivity index (χ1v) is 7.23. The van der Waals surface area contributed by atoms with Crippen LogP contribution in [0.15, 0.2) is 52.9 Å². The van der Waals surface area contributed by atoms with Crippen LogP contribution in [0.1, 0.15) is 15.9 Å². The Hall–Kier alpha value is -3.46. The minimum Gasteiger partial charge on any atom is -0.447 e. The molecule has 2 aromatic carbocycles. The van der Waals surface area contributed by atoms with Gasteiger partial charge in [0.15, 0.2) is 6.61 Å². The Kier molecular flexibility index (Phi) is 4.34. The average molecular weight is 319 g/mol. The number of aromatic nitrogens is 2. The van der Waals surface area contributed by atoms with Crippen LogP contribution in [0, 0.1) is 18.3 Å². The van der Waals surface area contributed by atoms with E-state index in [1.807, 2.05) is 31.2 Å². The van der Waals surface area contributed by atoms with Gasteiger partial charge in [-0.2, -0.15) is 5.26 Å². The maximum atomic E-state index is 11.7. The Morgan fingerprint density at radius 1 is 1.12 bits per heavy atom. The lowest BCUT2D eigenvalue weighted by Crippen LogP contribution is -2.04. The number of hydrogen-bond acceptors (Lipinski definition) is 6. The highest BCUT2D eigenvalue weighted by Gasteiger charge is 2.13. The molecule has 3 rings (SSSR count). The summed E-state index contributed by atoms with van der Waals surface area (Å²) in [5.74, 6) is 0.264. The van der Waals surface area contributed by atoms with E-state index in [0.717, 1.165) is 11.1 Å². The molecule has 0 atom stereocenters. The number of nitriles is 1. The second kappa shape index (κ2) is 6.75. The van der Waals surface area contributed by atoms with E-state index in [1.165, 1.54) is 0 Å². The van der Waals surface area contributed by atoms with E-state index in [0.29, 0.717) is 22.9 Å². The van der Waals surface area contributed by atoms with E-state index in [9.17, 15) is 4.79 Å². The highest BCUT2D eigenvalue weighted by Crippen LogP contribution is 2.26. The minimum absolute atomic E-state index is 0.274. The van der Waals surface area contributed by atoms with Gasteiger partial charge >= 0.3 is 5.97 Å². The first kappa shape index (κ1) is 15.4. The summed E-state index contributed by atoms with van der Waals surface area (Å²) in [4.78, 5) is 11.7. The summed E-state index contributed by atoms with van der Waals surface area (Å²) >= 11 is 0. The lowest BCUT2D eigenvalue weighted by molar-refractivity contribution is 0.0555. The van der Waals surface area contributed by atoms with Crippen LogP contribution in [-0.4, -0.2) is 22.8 Å². The molecule has 0 bridgehead atoms. The molecular weight excluding hydrogens is 306 g/mol. The Labute approximate surface area is 138 Å². The highest BCUT2D eigenvalue weighted by atomic mass is 16.5. The molecule has 1 aromatic heterocycles. The third kappa shape index (κ3) is 3.15. The summed E-state index contributed by atoms with van der Waals surface area (Å²) in [7, 11) is 0. The number of nitrogens with zero attached hydrogens (tertiary/aromatic N) is 3.